The Morgan fingerprint density at radius 2 is 0.794 bits per heavy atom. The van der Waals surface area contributed by atoms with Crippen LogP contribution >= 0.6 is 0 Å². The molecule has 9 nitrogen and oxygen atoms in total. The molecule has 10 heteroatoms. The van der Waals surface area contributed by atoms with Gasteiger partial charge in [0.1, 0.15) is 24.4 Å². The number of rotatable bonds is 12. The molecule has 0 saturated heterocycles. The molecule has 0 amide bonds. The fourth-order valence-corrected chi connectivity index (χ4v) is 1.26. The standard InChI is InChI=1S/2C6H10O3.3C4H9O.Al/c2*1-3-9-6(8)4-5(2)7;3*1-2-3-4-5;/h2*3-4H2,1-2H3;3*2-4H2,1H3;/q;;3*-1;+3. The van der Waals surface area contributed by atoms with Crippen molar-refractivity contribution < 1.29 is 44.0 Å². The number of carbonyl (C=O) groups excluding carboxylic acids is 4. The van der Waals surface area contributed by atoms with Crippen LogP contribution in [0, 0.1) is 0 Å². The Morgan fingerprint density at radius 1 is 0.559 bits per heavy atom. The number of unbranched alkanes of at least 4 members (excludes halogenated alkanes) is 3. The largest absolute Gasteiger partial charge is 3.00 e. The first-order valence-electron chi connectivity index (χ1n) is 11.6. The maximum Gasteiger partial charge on any atom is 3.00 e. The van der Waals surface area contributed by atoms with Gasteiger partial charge < -0.3 is 24.8 Å². The molecule has 0 fully saturated rings. The summed E-state index contributed by atoms with van der Waals surface area (Å²) in [6.07, 6.45) is 5.39. The van der Waals surface area contributed by atoms with E-state index in [1.165, 1.54) is 13.8 Å². The third kappa shape index (κ3) is 77.4. The van der Waals surface area contributed by atoms with Gasteiger partial charge in [0.2, 0.25) is 0 Å². The number of Topliss-reactive ketones (excluding diaryl/α,β-unsaturated/α-hetero) is 2. The van der Waals surface area contributed by atoms with Gasteiger partial charge >= 0.3 is 29.3 Å². The summed E-state index contributed by atoms with van der Waals surface area (Å²) in [4.78, 5) is 41.3. The average Bonchev–Trinajstić information content (AvgIpc) is 2.71. The number of carbonyl (C=O) groups is 4. The smallest absolute Gasteiger partial charge is 0.854 e. The molecule has 0 aliphatic heterocycles. The van der Waals surface area contributed by atoms with E-state index in [0.29, 0.717) is 13.2 Å². The maximum atomic E-state index is 10.4. The predicted molar refractivity (Wildman–Crippen MR) is 129 cm³/mol. The Hall–Kier alpha value is -1.31. The summed E-state index contributed by atoms with van der Waals surface area (Å²) >= 11 is 0. The zero-order chi connectivity index (χ0) is 26.9. The van der Waals surface area contributed by atoms with E-state index in [4.69, 9.17) is 0 Å². The van der Waals surface area contributed by atoms with Crippen molar-refractivity contribution in [3.8, 4) is 0 Å². The summed E-state index contributed by atoms with van der Waals surface area (Å²) in [6, 6.07) is 0. The molecule has 0 aromatic heterocycles. The van der Waals surface area contributed by atoms with Crippen LogP contribution in [-0.2, 0) is 28.7 Å². The van der Waals surface area contributed by atoms with Crippen LogP contribution in [0.3, 0.4) is 0 Å². The molecule has 0 saturated carbocycles. The summed E-state index contributed by atoms with van der Waals surface area (Å²) in [5.41, 5.74) is 0. The Morgan fingerprint density at radius 3 is 0.882 bits per heavy atom. The molecule has 0 bridgehead atoms. The van der Waals surface area contributed by atoms with Crippen LogP contribution in [0.4, 0.5) is 0 Å². The van der Waals surface area contributed by atoms with Crippen molar-refractivity contribution in [3.63, 3.8) is 0 Å². The van der Waals surface area contributed by atoms with Gasteiger partial charge in [0.15, 0.2) is 0 Å². The van der Waals surface area contributed by atoms with Crippen LogP contribution in [0.5, 0.6) is 0 Å². The number of ether oxygens (including phenoxy) is 2. The van der Waals surface area contributed by atoms with Crippen molar-refractivity contribution in [2.45, 2.75) is 99.8 Å². The van der Waals surface area contributed by atoms with Gasteiger partial charge in [0, 0.05) is 0 Å². The molecular weight excluding hydrogens is 459 g/mol. The number of hydrogen-bond donors (Lipinski definition) is 0. The van der Waals surface area contributed by atoms with E-state index in [0.717, 1.165) is 38.5 Å². The van der Waals surface area contributed by atoms with Crippen LogP contribution in [0.2, 0.25) is 0 Å². The van der Waals surface area contributed by atoms with Crippen molar-refractivity contribution >= 4 is 40.9 Å². The van der Waals surface area contributed by atoms with Gasteiger partial charge in [-0.3, -0.25) is 19.2 Å². The molecule has 0 aliphatic carbocycles. The molecule has 0 aliphatic rings. The van der Waals surface area contributed by atoms with E-state index in [9.17, 15) is 34.5 Å². The van der Waals surface area contributed by atoms with Crippen molar-refractivity contribution in [1.82, 2.24) is 0 Å². The Bertz CT molecular complexity index is 380. The molecule has 0 rings (SSSR count). The maximum absolute atomic E-state index is 10.4. The van der Waals surface area contributed by atoms with E-state index in [1.807, 2.05) is 20.8 Å². The van der Waals surface area contributed by atoms with Crippen LogP contribution in [0.1, 0.15) is 99.8 Å². The summed E-state index contributed by atoms with van der Waals surface area (Å²) in [7, 11) is 0. The summed E-state index contributed by atoms with van der Waals surface area (Å²) in [6.45, 7) is 13.1. The third-order valence-corrected chi connectivity index (χ3v) is 2.89. The zero-order valence-corrected chi connectivity index (χ0v) is 23.6. The van der Waals surface area contributed by atoms with Crippen molar-refractivity contribution in [1.29, 1.82) is 0 Å². The quantitative estimate of drug-likeness (QED) is 0.215. The first-order valence-corrected chi connectivity index (χ1v) is 11.6. The van der Waals surface area contributed by atoms with Crippen LogP contribution < -0.4 is 15.3 Å². The third-order valence-electron chi connectivity index (χ3n) is 2.89. The Kier molecular flexibility index (Phi) is 61.3. The van der Waals surface area contributed by atoms with E-state index >= 15 is 0 Å². The topological polar surface area (TPSA) is 156 Å². The monoisotopic (exact) mass is 506 g/mol. The first-order chi connectivity index (χ1) is 15.6. The predicted octanol–water partition coefficient (Wildman–Crippen LogP) is 1.12. The molecular formula is C24H47AlO9. The van der Waals surface area contributed by atoms with Crippen LogP contribution in [-0.4, -0.2) is 73.9 Å². The van der Waals surface area contributed by atoms with E-state index in [2.05, 4.69) is 9.47 Å². The second-order valence-electron chi connectivity index (χ2n) is 6.54. The fourth-order valence-electron chi connectivity index (χ4n) is 1.26. The molecule has 34 heavy (non-hydrogen) atoms. The van der Waals surface area contributed by atoms with Gasteiger partial charge in [-0.1, -0.05) is 59.3 Å². The van der Waals surface area contributed by atoms with E-state index in [1.54, 1.807) is 13.8 Å². The minimum absolute atomic E-state index is 0. The molecule has 0 aromatic carbocycles. The molecule has 0 atom stereocenters. The number of esters is 2. The minimum Gasteiger partial charge on any atom is -0.854 e. The summed E-state index contributed by atoms with van der Waals surface area (Å²) in [5.74, 6) is -1.20. The summed E-state index contributed by atoms with van der Waals surface area (Å²) in [5, 5.41) is 28.6. The molecule has 0 N–H and O–H groups in total. The number of ketones is 2. The zero-order valence-electron chi connectivity index (χ0n) is 22.4. The molecule has 0 heterocycles. The second-order valence-corrected chi connectivity index (χ2v) is 6.54. The van der Waals surface area contributed by atoms with Crippen molar-refractivity contribution in [2.75, 3.05) is 33.0 Å². The van der Waals surface area contributed by atoms with Gasteiger partial charge in [0.05, 0.1) is 13.2 Å². The van der Waals surface area contributed by atoms with Gasteiger partial charge in [-0.2, -0.15) is 0 Å². The van der Waals surface area contributed by atoms with E-state index < -0.39 is 11.9 Å². The normalized spacial score (nSPS) is 8.29. The molecule has 200 valence electrons. The van der Waals surface area contributed by atoms with E-state index in [-0.39, 0.29) is 61.6 Å². The molecule has 0 radical (unpaired) electrons. The van der Waals surface area contributed by atoms with Crippen LogP contribution in [0.25, 0.3) is 0 Å². The number of hydrogen-bond acceptors (Lipinski definition) is 9. The Labute approximate surface area is 217 Å². The van der Waals surface area contributed by atoms with Gasteiger partial charge in [0.25, 0.3) is 0 Å². The molecule has 0 spiro atoms. The van der Waals surface area contributed by atoms with Gasteiger partial charge in [-0.15, -0.1) is 19.8 Å². The average molecular weight is 507 g/mol. The van der Waals surface area contributed by atoms with Gasteiger partial charge in [-0.05, 0) is 27.7 Å². The molecule has 0 aromatic rings. The minimum atomic E-state index is -0.440. The fraction of sp³-hybridized carbons (Fsp3) is 0.833. The van der Waals surface area contributed by atoms with Crippen molar-refractivity contribution in [2.24, 2.45) is 0 Å². The second kappa shape index (κ2) is 45.2. The summed E-state index contributed by atoms with van der Waals surface area (Å²) < 4.78 is 8.99. The van der Waals surface area contributed by atoms with Crippen molar-refractivity contribution in [3.05, 3.63) is 0 Å². The SMILES string of the molecule is CCCC[O-].CCCC[O-].CCCC[O-].CCOC(=O)CC(C)=O.CCOC(=O)CC(C)=O.[Al+3]. The Balaban J connectivity index is -0.0000000738. The molecule has 0 unspecified atom stereocenters. The first kappa shape index (κ1) is 46.1. The van der Waals surface area contributed by atoms with Gasteiger partial charge in [-0.25, -0.2) is 0 Å². The van der Waals surface area contributed by atoms with Crippen LogP contribution in [0.15, 0.2) is 0 Å².